The van der Waals surface area contributed by atoms with E-state index in [1.165, 1.54) is 25.7 Å². The molecule has 1 rings (SSSR count). The first-order chi connectivity index (χ1) is 9.08. The predicted octanol–water partition coefficient (Wildman–Crippen LogP) is 2.09. The van der Waals surface area contributed by atoms with E-state index in [9.17, 15) is 4.79 Å². The van der Waals surface area contributed by atoms with Gasteiger partial charge in [0.15, 0.2) is 5.84 Å². The van der Waals surface area contributed by atoms with Gasteiger partial charge in [-0.25, -0.2) is 0 Å². The van der Waals surface area contributed by atoms with Crippen molar-refractivity contribution in [2.24, 2.45) is 28.6 Å². The van der Waals surface area contributed by atoms with Gasteiger partial charge >= 0.3 is 0 Å². The Hall–Kier alpha value is -1.26. The largest absolute Gasteiger partial charge is 0.409 e. The summed E-state index contributed by atoms with van der Waals surface area (Å²) >= 11 is 0. The molecule has 19 heavy (non-hydrogen) atoms. The zero-order chi connectivity index (χ0) is 14.3. The molecule has 0 bridgehead atoms. The Morgan fingerprint density at radius 3 is 2.84 bits per heavy atom. The van der Waals surface area contributed by atoms with Crippen LogP contribution in [-0.4, -0.2) is 23.5 Å². The fourth-order valence-electron chi connectivity index (χ4n) is 2.88. The van der Waals surface area contributed by atoms with Gasteiger partial charge in [0.2, 0.25) is 5.91 Å². The van der Waals surface area contributed by atoms with Crippen LogP contribution in [0.5, 0.6) is 0 Å². The van der Waals surface area contributed by atoms with Crippen LogP contribution in [0.2, 0.25) is 0 Å². The second-order valence-corrected chi connectivity index (χ2v) is 5.75. The lowest BCUT2D eigenvalue weighted by Gasteiger charge is -2.27. The predicted molar refractivity (Wildman–Crippen MR) is 75.9 cm³/mol. The van der Waals surface area contributed by atoms with Gasteiger partial charge in [0, 0.05) is 6.54 Å². The van der Waals surface area contributed by atoms with E-state index in [1.807, 2.05) is 6.92 Å². The van der Waals surface area contributed by atoms with Crippen molar-refractivity contribution in [2.45, 2.75) is 52.4 Å². The van der Waals surface area contributed by atoms with Gasteiger partial charge in [-0.3, -0.25) is 4.79 Å². The van der Waals surface area contributed by atoms with Crippen molar-refractivity contribution in [1.29, 1.82) is 0 Å². The van der Waals surface area contributed by atoms with Gasteiger partial charge in [0.25, 0.3) is 0 Å². The molecule has 1 fully saturated rings. The number of amides is 1. The Labute approximate surface area is 115 Å². The van der Waals surface area contributed by atoms with Crippen molar-refractivity contribution >= 4 is 11.7 Å². The highest BCUT2D eigenvalue weighted by Gasteiger charge is 2.24. The molecule has 3 unspecified atom stereocenters. The summed E-state index contributed by atoms with van der Waals surface area (Å²) in [6.07, 6.45) is 6.36. The van der Waals surface area contributed by atoms with Crippen LogP contribution in [0.15, 0.2) is 5.16 Å². The smallest absolute Gasteiger partial charge is 0.230 e. The third kappa shape index (κ3) is 5.09. The highest BCUT2D eigenvalue weighted by molar-refractivity contribution is 6.02. The van der Waals surface area contributed by atoms with Crippen molar-refractivity contribution in [1.82, 2.24) is 5.32 Å². The van der Waals surface area contributed by atoms with Crippen molar-refractivity contribution < 1.29 is 10.0 Å². The van der Waals surface area contributed by atoms with Gasteiger partial charge in [-0.05, 0) is 31.1 Å². The molecule has 1 aliphatic rings. The minimum absolute atomic E-state index is 0.0105. The molecular weight excluding hydrogens is 242 g/mol. The highest BCUT2D eigenvalue weighted by atomic mass is 16.4. The first-order valence-electron chi connectivity index (χ1n) is 7.33. The molecule has 3 atom stereocenters. The fourth-order valence-corrected chi connectivity index (χ4v) is 2.88. The molecular formula is C14H27N3O2. The summed E-state index contributed by atoms with van der Waals surface area (Å²) in [6, 6.07) is 0. The Kier molecular flexibility index (Phi) is 6.67. The fraction of sp³-hybridized carbons (Fsp3) is 0.857. The molecule has 5 heteroatoms. The van der Waals surface area contributed by atoms with E-state index in [1.54, 1.807) is 0 Å². The van der Waals surface area contributed by atoms with Crippen LogP contribution >= 0.6 is 0 Å². The molecule has 0 aromatic carbocycles. The number of nitrogens with two attached hydrogens (primary N) is 1. The van der Waals surface area contributed by atoms with Gasteiger partial charge in [-0.1, -0.05) is 38.3 Å². The van der Waals surface area contributed by atoms with E-state index >= 15 is 0 Å². The van der Waals surface area contributed by atoms with Crippen molar-refractivity contribution in [3.05, 3.63) is 0 Å². The summed E-state index contributed by atoms with van der Waals surface area (Å²) in [5.74, 6) is 0.719. The minimum atomic E-state index is -0.504. The van der Waals surface area contributed by atoms with E-state index in [0.29, 0.717) is 18.9 Å². The summed E-state index contributed by atoms with van der Waals surface area (Å²) in [6.45, 7) is 4.96. The maximum atomic E-state index is 12.1. The zero-order valence-electron chi connectivity index (χ0n) is 12.1. The Bertz CT molecular complexity index is 318. The molecule has 0 radical (unpaired) electrons. The van der Waals surface area contributed by atoms with Gasteiger partial charge in [0.1, 0.15) is 0 Å². The number of carbonyl (C=O) groups excluding carboxylic acids is 1. The first-order valence-corrected chi connectivity index (χ1v) is 7.33. The maximum Gasteiger partial charge on any atom is 0.230 e. The van der Waals surface area contributed by atoms with Crippen LogP contribution < -0.4 is 11.1 Å². The van der Waals surface area contributed by atoms with Gasteiger partial charge in [0.05, 0.1) is 5.92 Å². The molecule has 1 saturated carbocycles. The molecule has 0 aromatic rings. The second kappa shape index (κ2) is 8.02. The molecule has 0 spiro atoms. The van der Waals surface area contributed by atoms with Gasteiger partial charge in [-0.2, -0.15) is 0 Å². The van der Waals surface area contributed by atoms with E-state index in [2.05, 4.69) is 17.4 Å². The standard InChI is InChI=1S/C14H27N3O2/c1-3-5-12(13(15)17-19)14(18)16-9-11-7-4-6-10(2)8-11/h10-12,19H,3-9H2,1-2H3,(H2,15,17)(H,16,18). The van der Waals surface area contributed by atoms with E-state index in [4.69, 9.17) is 10.9 Å². The summed E-state index contributed by atoms with van der Waals surface area (Å²) in [7, 11) is 0. The van der Waals surface area contributed by atoms with E-state index < -0.39 is 5.92 Å². The average Bonchev–Trinajstić information content (AvgIpc) is 2.41. The minimum Gasteiger partial charge on any atom is -0.409 e. The number of hydrogen-bond donors (Lipinski definition) is 3. The molecule has 0 aromatic heterocycles. The zero-order valence-corrected chi connectivity index (χ0v) is 12.1. The lowest BCUT2D eigenvalue weighted by Crippen LogP contribution is -2.41. The van der Waals surface area contributed by atoms with Crippen molar-refractivity contribution in [3.8, 4) is 0 Å². The molecule has 0 aliphatic heterocycles. The normalized spacial score (nSPS) is 25.9. The second-order valence-electron chi connectivity index (χ2n) is 5.75. The number of carbonyl (C=O) groups is 1. The third-order valence-electron chi connectivity index (χ3n) is 3.98. The Morgan fingerprint density at radius 1 is 1.53 bits per heavy atom. The van der Waals surface area contributed by atoms with Gasteiger partial charge in [-0.15, -0.1) is 0 Å². The van der Waals surface area contributed by atoms with Crippen LogP contribution in [0.1, 0.15) is 52.4 Å². The summed E-state index contributed by atoms with van der Waals surface area (Å²) in [5, 5.41) is 14.6. The Balaban J connectivity index is 2.43. The summed E-state index contributed by atoms with van der Waals surface area (Å²) in [5.41, 5.74) is 5.57. The lowest BCUT2D eigenvalue weighted by molar-refractivity contribution is -0.123. The number of nitrogens with zero attached hydrogens (tertiary/aromatic N) is 1. The molecule has 4 N–H and O–H groups in total. The number of amidine groups is 1. The summed E-state index contributed by atoms with van der Waals surface area (Å²) < 4.78 is 0. The quantitative estimate of drug-likeness (QED) is 0.298. The maximum absolute atomic E-state index is 12.1. The van der Waals surface area contributed by atoms with Crippen LogP contribution in [0.25, 0.3) is 0 Å². The SMILES string of the molecule is CCCC(C(=O)NCC1CCCC(C)C1)C(N)=NO. The molecule has 1 amide bonds. The monoisotopic (exact) mass is 269 g/mol. The molecule has 0 heterocycles. The lowest BCUT2D eigenvalue weighted by atomic mass is 9.82. The molecule has 110 valence electrons. The van der Waals surface area contributed by atoms with E-state index in [0.717, 1.165) is 12.3 Å². The topological polar surface area (TPSA) is 87.7 Å². The van der Waals surface area contributed by atoms with Crippen LogP contribution in [-0.2, 0) is 4.79 Å². The molecule has 5 nitrogen and oxygen atoms in total. The highest BCUT2D eigenvalue weighted by Crippen LogP contribution is 2.27. The van der Waals surface area contributed by atoms with Crippen molar-refractivity contribution in [2.75, 3.05) is 6.54 Å². The molecule has 1 aliphatic carbocycles. The van der Waals surface area contributed by atoms with Gasteiger partial charge < -0.3 is 16.3 Å². The average molecular weight is 269 g/mol. The molecule has 0 saturated heterocycles. The third-order valence-corrected chi connectivity index (χ3v) is 3.98. The number of oxime groups is 1. The number of rotatable bonds is 6. The number of hydrogen-bond acceptors (Lipinski definition) is 3. The van der Waals surface area contributed by atoms with E-state index in [-0.39, 0.29) is 11.7 Å². The first kappa shape index (κ1) is 15.8. The van der Waals surface area contributed by atoms with Crippen LogP contribution in [0.3, 0.4) is 0 Å². The van der Waals surface area contributed by atoms with Crippen LogP contribution in [0.4, 0.5) is 0 Å². The Morgan fingerprint density at radius 2 is 2.26 bits per heavy atom. The van der Waals surface area contributed by atoms with Crippen molar-refractivity contribution in [3.63, 3.8) is 0 Å². The number of nitrogens with one attached hydrogen (secondary N) is 1. The van der Waals surface area contributed by atoms with Crippen LogP contribution in [0, 0.1) is 17.8 Å². The summed E-state index contributed by atoms with van der Waals surface area (Å²) in [4.78, 5) is 12.1.